The molecule has 5 aromatic rings. The van der Waals surface area contributed by atoms with Crippen LogP contribution in [0.5, 0.6) is 0 Å². The van der Waals surface area contributed by atoms with Crippen LogP contribution in [0.25, 0.3) is 22.2 Å². The van der Waals surface area contributed by atoms with Gasteiger partial charge in [0.1, 0.15) is 20.8 Å². The Morgan fingerprint density at radius 2 is 1.15 bits per heavy atom. The van der Waals surface area contributed by atoms with Gasteiger partial charge in [0.25, 0.3) is 22.3 Å². The molecule has 2 amide bonds. The van der Waals surface area contributed by atoms with E-state index in [-0.39, 0.29) is 20.3 Å². The van der Waals surface area contributed by atoms with Gasteiger partial charge in [0.15, 0.2) is 11.2 Å². The molecule has 0 bridgehead atoms. The summed E-state index contributed by atoms with van der Waals surface area (Å²) < 4.78 is 11.6. The van der Waals surface area contributed by atoms with Crippen LogP contribution in [0.4, 0.5) is 5.69 Å². The minimum Gasteiger partial charge on any atom is -0.431 e. The normalized spacial score (nSPS) is 14.2. The molecule has 9 heteroatoms. The van der Waals surface area contributed by atoms with Gasteiger partial charge in [-0.3, -0.25) is 9.59 Å². The standard InChI is InChI=1S/C25H15N3O4S2/c1-14-8-2-5-11-17(14)28-22(29)20(33-24-26-15-9-3-6-12-18(15)31-24)21(23(28)30)34-25-27-16-10-4-7-13-19(16)32-25/h2-13H,1H3. The largest absolute Gasteiger partial charge is 0.431 e. The zero-order valence-electron chi connectivity index (χ0n) is 17.7. The third-order valence-electron chi connectivity index (χ3n) is 5.28. The smallest absolute Gasteiger partial charge is 0.273 e. The first-order valence-electron chi connectivity index (χ1n) is 10.3. The second-order valence-electron chi connectivity index (χ2n) is 7.49. The number of imide groups is 1. The highest BCUT2D eigenvalue weighted by atomic mass is 32.2. The third kappa shape index (κ3) is 3.49. The Morgan fingerprint density at radius 1 is 0.676 bits per heavy atom. The van der Waals surface area contributed by atoms with Gasteiger partial charge in [0.2, 0.25) is 0 Å². The van der Waals surface area contributed by atoms with Crippen molar-refractivity contribution in [2.24, 2.45) is 0 Å². The second kappa shape index (κ2) is 8.19. The molecule has 0 unspecified atom stereocenters. The maximum absolute atomic E-state index is 13.6. The fourth-order valence-corrected chi connectivity index (χ4v) is 5.53. The van der Waals surface area contributed by atoms with Crippen LogP contribution in [0.3, 0.4) is 0 Å². The van der Waals surface area contributed by atoms with Gasteiger partial charge in [-0.05, 0) is 66.3 Å². The average Bonchev–Trinajstić information content (AvgIpc) is 3.50. The SMILES string of the molecule is Cc1ccccc1N1C(=O)C(Sc2nc3ccccc3o2)=C(Sc2nc3ccccc3o2)C1=O. The van der Waals surface area contributed by atoms with E-state index < -0.39 is 11.8 Å². The Morgan fingerprint density at radius 3 is 1.65 bits per heavy atom. The summed E-state index contributed by atoms with van der Waals surface area (Å²) in [6.07, 6.45) is 0. The van der Waals surface area contributed by atoms with Crippen LogP contribution in [-0.2, 0) is 9.59 Å². The van der Waals surface area contributed by atoms with Crippen molar-refractivity contribution in [2.75, 3.05) is 4.90 Å². The summed E-state index contributed by atoms with van der Waals surface area (Å²) in [5.74, 6) is -0.879. The number of benzene rings is 3. The third-order valence-corrected chi connectivity index (χ3v) is 7.28. The van der Waals surface area contributed by atoms with Gasteiger partial charge in [-0.15, -0.1) is 0 Å². The van der Waals surface area contributed by atoms with E-state index in [0.29, 0.717) is 27.9 Å². The molecule has 3 heterocycles. The lowest BCUT2D eigenvalue weighted by Crippen LogP contribution is -2.31. The summed E-state index contributed by atoms with van der Waals surface area (Å²) in [5, 5.41) is 0.555. The molecule has 0 N–H and O–H groups in total. The number of carbonyl (C=O) groups is 2. The Kier molecular flexibility index (Phi) is 5.00. The number of thioether (sulfide) groups is 2. The number of oxazole rings is 2. The highest BCUT2D eigenvalue weighted by Crippen LogP contribution is 2.44. The predicted octanol–water partition coefficient (Wildman–Crippen LogP) is 5.95. The second-order valence-corrected chi connectivity index (χ2v) is 9.41. The van der Waals surface area contributed by atoms with Crippen molar-refractivity contribution < 1.29 is 18.4 Å². The quantitative estimate of drug-likeness (QED) is 0.282. The number of para-hydroxylation sites is 5. The molecule has 7 nitrogen and oxygen atoms in total. The Balaban J connectivity index is 1.43. The van der Waals surface area contributed by atoms with Gasteiger partial charge in [0, 0.05) is 0 Å². The first kappa shape index (κ1) is 20.8. The van der Waals surface area contributed by atoms with Gasteiger partial charge in [0.05, 0.1) is 5.69 Å². The van der Waals surface area contributed by atoms with Gasteiger partial charge in [-0.1, -0.05) is 42.5 Å². The van der Waals surface area contributed by atoms with Crippen LogP contribution in [0, 0.1) is 6.92 Å². The van der Waals surface area contributed by atoms with E-state index in [4.69, 9.17) is 8.83 Å². The lowest BCUT2D eigenvalue weighted by molar-refractivity contribution is -0.120. The van der Waals surface area contributed by atoms with E-state index in [1.807, 2.05) is 55.5 Å². The van der Waals surface area contributed by atoms with Gasteiger partial charge < -0.3 is 8.83 Å². The lowest BCUT2D eigenvalue weighted by Gasteiger charge is -2.17. The minimum absolute atomic E-state index is 0.215. The molecule has 0 spiro atoms. The molecule has 1 aliphatic rings. The predicted molar refractivity (Wildman–Crippen MR) is 130 cm³/mol. The summed E-state index contributed by atoms with van der Waals surface area (Å²) in [4.78, 5) is 37.6. The van der Waals surface area contributed by atoms with Crippen LogP contribution in [-0.4, -0.2) is 21.8 Å². The van der Waals surface area contributed by atoms with Crippen molar-refractivity contribution in [3.05, 3.63) is 88.2 Å². The Labute approximate surface area is 201 Å². The average molecular weight is 486 g/mol. The Bertz CT molecular complexity index is 1470. The minimum atomic E-state index is -0.440. The van der Waals surface area contributed by atoms with E-state index in [2.05, 4.69) is 9.97 Å². The summed E-state index contributed by atoms with van der Waals surface area (Å²) in [6.45, 7) is 1.86. The van der Waals surface area contributed by atoms with Crippen LogP contribution in [0.15, 0.2) is 102 Å². The van der Waals surface area contributed by atoms with E-state index in [1.165, 1.54) is 4.90 Å². The number of aryl methyl sites for hydroxylation is 1. The van der Waals surface area contributed by atoms with Crippen LogP contribution < -0.4 is 4.90 Å². The number of hydrogen-bond donors (Lipinski definition) is 0. The number of anilines is 1. The van der Waals surface area contributed by atoms with Crippen molar-refractivity contribution >= 4 is 63.2 Å². The highest BCUT2D eigenvalue weighted by Gasteiger charge is 2.42. The molecule has 0 saturated heterocycles. The number of fused-ring (bicyclic) bond motifs is 2. The number of amides is 2. The maximum atomic E-state index is 13.6. The number of nitrogens with zero attached hydrogens (tertiary/aromatic N) is 3. The molecule has 34 heavy (non-hydrogen) atoms. The monoisotopic (exact) mass is 485 g/mol. The number of rotatable bonds is 5. The summed E-state index contributed by atoms with van der Waals surface area (Å²) in [6, 6.07) is 21.9. The van der Waals surface area contributed by atoms with Gasteiger partial charge in [-0.2, -0.15) is 0 Å². The maximum Gasteiger partial charge on any atom is 0.273 e. The fourth-order valence-electron chi connectivity index (χ4n) is 3.67. The van der Waals surface area contributed by atoms with E-state index in [9.17, 15) is 9.59 Å². The molecule has 2 aromatic heterocycles. The highest BCUT2D eigenvalue weighted by molar-refractivity contribution is 8.08. The summed E-state index contributed by atoms with van der Waals surface area (Å²) >= 11 is 2.05. The van der Waals surface area contributed by atoms with E-state index >= 15 is 0 Å². The molecule has 0 radical (unpaired) electrons. The molecule has 3 aromatic carbocycles. The van der Waals surface area contributed by atoms with Crippen molar-refractivity contribution in [1.82, 2.24) is 9.97 Å². The van der Waals surface area contributed by atoms with Crippen molar-refractivity contribution in [3.8, 4) is 0 Å². The van der Waals surface area contributed by atoms with E-state index in [0.717, 1.165) is 29.1 Å². The van der Waals surface area contributed by atoms with Crippen molar-refractivity contribution in [3.63, 3.8) is 0 Å². The lowest BCUT2D eigenvalue weighted by atomic mass is 10.2. The number of aromatic nitrogens is 2. The molecule has 0 aliphatic carbocycles. The molecule has 6 rings (SSSR count). The molecule has 166 valence electrons. The molecular formula is C25H15N3O4S2. The first-order valence-corrected chi connectivity index (χ1v) is 12.0. The summed E-state index contributed by atoms with van der Waals surface area (Å²) in [7, 11) is 0. The van der Waals surface area contributed by atoms with Gasteiger partial charge in [-0.25, -0.2) is 14.9 Å². The topological polar surface area (TPSA) is 89.4 Å². The molecule has 0 fully saturated rings. The first-order chi connectivity index (χ1) is 16.6. The van der Waals surface area contributed by atoms with Crippen molar-refractivity contribution in [2.45, 2.75) is 17.4 Å². The van der Waals surface area contributed by atoms with Gasteiger partial charge >= 0.3 is 0 Å². The molecule has 0 atom stereocenters. The number of hydrogen-bond acceptors (Lipinski definition) is 8. The zero-order valence-corrected chi connectivity index (χ0v) is 19.4. The zero-order chi connectivity index (χ0) is 23.2. The molecule has 1 aliphatic heterocycles. The fraction of sp³-hybridized carbons (Fsp3) is 0.0400. The molecular weight excluding hydrogens is 470 g/mol. The van der Waals surface area contributed by atoms with Crippen molar-refractivity contribution in [1.29, 1.82) is 0 Å². The van der Waals surface area contributed by atoms with Crippen LogP contribution in [0.1, 0.15) is 5.56 Å². The molecule has 0 saturated carbocycles. The Hall–Kier alpha value is -3.82. The summed E-state index contributed by atoms with van der Waals surface area (Å²) in [5.41, 5.74) is 3.89. The number of carbonyl (C=O) groups excluding carboxylic acids is 2. The van der Waals surface area contributed by atoms with E-state index in [1.54, 1.807) is 24.3 Å². The van der Waals surface area contributed by atoms with Crippen LogP contribution in [0.2, 0.25) is 0 Å². The van der Waals surface area contributed by atoms with Crippen LogP contribution >= 0.6 is 23.5 Å².